The van der Waals surface area contributed by atoms with Gasteiger partial charge in [0.1, 0.15) is 5.57 Å². The van der Waals surface area contributed by atoms with E-state index in [1.807, 2.05) is 0 Å². The zero-order valence-electron chi connectivity index (χ0n) is 14.6. The minimum atomic E-state index is -1.33. The quantitative estimate of drug-likeness (QED) is 0.503. The summed E-state index contributed by atoms with van der Waals surface area (Å²) in [5.74, 6) is -2.55. The fraction of sp³-hybridized carbons (Fsp3) is 0.353. The molecule has 1 aromatic carbocycles. The Bertz CT molecular complexity index is 743. The van der Waals surface area contributed by atoms with Gasteiger partial charge in [0.15, 0.2) is 11.5 Å². The summed E-state index contributed by atoms with van der Waals surface area (Å²) >= 11 is 0. The molecule has 0 radical (unpaired) electrons. The number of benzene rings is 1. The van der Waals surface area contributed by atoms with Gasteiger partial charge in [-0.05, 0) is 12.1 Å². The van der Waals surface area contributed by atoms with Crippen molar-refractivity contribution in [3.63, 3.8) is 0 Å². The van der Waals surface area contributed by atoms with Crippen LogP contribution in [0.25, 0.3) is 6.08 Å². The molecule has 1 saturated heterocycles. The van der Waals surface area contributed by atoms with Gasteiger partial charge in [-0.3, -0.25) is 4.79 Å². The van der Waals surface area contributed by atoms with E-state index in [1.165, 1.54) is 53.2 Å². The van der Waals surface area contributed by atoms with Crippen molar-refractivity contribution < 1.29 is 33.3 Å². The Balaban J connectivity index is 2.55. The Hall–Kier alpha value is -3.03. The van der Waals surface area contributed by atoms with Gasteiger partial charge in [-0.15, -0.1) is 0 Å². The number of rotatable bonds is 4. The summed E-state index contributed by atoms with van der Waals surface area (Å²) in [5, 5.41) is 2.61. The first-order valence-corrected chi connectivity index (χ1v) is 7.39. The SMILES string of the molecule is COc1cc(C=C2C(=O)OC(C)(C)OC2=O)c(NC(C)=O)cc1OC. The smallest absolute Gasteiger partial charge is 0.348 e. The maximum absolute atomic E-state index is 12.1. The number of esters is 2. The van der Waals surface area contributed by atoms with Crippen molar-refractivity contribution >= 4 is 29.6 Å². The summed E-state index contributed by atoms with van der Waals surface area (Å²) < 4.78 is 20.5. The van der Waals surface area contributed by atoms with Gasteiger partial charge in [0, 0.05) is 32.4 Å². The van der Waals surface area contributed by atoms with Crippen LogP contribution in [0.4, 0.5) is 5.69 Å². The normalized spacial score (nSPS) is 15.8. The minimum absolute atomic E-state index is 0.293. The minimum Gasteiger partial charge on any atom is -0.493 e. The summed E-state index contributed by atoms with van der Waals surface area (Å²) in [7, 11) is 2.89. The number of carbonyl (C=O) groups excluding carboxylic acids is 3. The Labute approximate surface area is 144 Å². The van der Waals surface area contributed by atoms with E-state index < -0.39 is 17.7 Å². The highest BCUT2D eigenvalue weighted by atomic mass is 16.7. The maximum Gasteiger partial charge on any atom is 0.348 e. The van der Waals surface area contributed by atoms with E-state index in [0.717, 1.165) is 0 Å². The standard InChI is InChI=1S/C17H19NO7/c1-9(19)18-12-8-14(23-5)13(22-4)7-10(12)6-11-15(20)24-17(2,3)25-16(11)21/h6-8H,1-5H3,(H,18,19). The fourth-order valence-corrected chi connectivity index (χ4v) is 2.25. The van der Waals surface area contributed by atoms with Crippen molar-refractivity contribution in [3.8, 4) is 11.5 Å². The van der Waals surface area contributed by atoms with E-state index in [-0.39, 0.29) is 11.5 Å². The van der Waals surface area contributed by atoms with Crippen LogP contribution >= 0.6 is 0 Å². The maximum atomic E-state index is 12.1. The molecule has 1 aromatic rings. The number of cyclic esters (lactones) is 2. The molecule has 0 atom stereocenters. The highest BCUT2D eigenvalue weighted by molar-refractivity contribution is 6.19. The van der Waals surface area contributed by atoms with Crippen LogP contribution in [0.1, 0.15) is 26.3 Å². The second-order valence-electron chi connectivity index (χ2n) is 5.71. The van der Waals surface area contributed by atoms with Crippen LogP contribution in [0.15, 0.2) is 17.7 Å². The summed E-state index contributed by atoms with van der Waals surface area (Å²) in [5.41, 5.74) is 0.401. The van der Waals surface area contributed by atoms with Crippen molar-refractivity contribution in [1.82, 2.24) is 0 Å². The molecular formula is C17H19NO7. The third-order valence-electron chi connectivity index (χ3n) is 3.28. The Morgan fingerprint density at radius 3 is 2.08 bits per heavy atom. The lowest BCUT2D eigenvalue weighted by Crippen LogP contribution is -2.41. The fourth-order valence-electron chi connectivity index (χ4n) is 2.25. The van der Waals surface area contributed by atoms with Gasteiger partial charge in [0.25, 0.3) is 5.79 Å². The number of anilines is 1. The lowest BCUT2D eigenvalue weighted by molar-refractivity contribution is -0.222. The number of amides is 1. The molecule has 1 aliphatic rings. The van der Waals surface area contributed by atoms with Gasteiger partial charge in [-0.25, -0.2) is 9.59 Å². The van der Waals surface area contributed by atoms with E-state index in [2.05, 4.69) is 5.32 Å². The molecule has 1 N–H and O–H groups in total. The lowest BCUT2D eigenvalue weighted by Gasteiger charge is -2.29. The highest BCUT2D eigenvalue weighted by Crippen LogP contribution is 2.35. The molecule has 1 amide bonds. The first kappa shape index (κ1) is 18.3. The molecule has 1 heterocycles. The van der Waals surface area contributed by atoms with Crippen LogP contribution in [-0.2, 0) is 23.9 Å². The third-order valence-corrected chi connectivity index (χ3v) is 3.28. The first-order valence-electron chi connectivity index (χ1n) is 7.39. The molecule has 0 saturated carbocycles. The molecule has 1 aliphatic heterocycles. The predicted molar refractivity (Wildman–Crippen MR) is 88.1 cm³/mol. The summed E-state index contributed by atoms with van der Waals surface area (Å²) in [4.78, 5) is 35.6. The molecule has 25 heavy (non-hydrogen) atoms. The zero-order valence-corrected chi connectivity index (χ0v) is 14.6. The molecule has 2 rings (SSSR count). The van der Waals surface area contributed by atoms with Gasteiger partial charge < -0.3 is 24.3 Å². The van der Waals surface area contributed by atoms with E-state index >= 15 is 0 Å². The number of nitrogens with one attached hydrogen (secondary N) is 1. The Morgan fingerprint density at radius 2 is 1.60 bits per heavy atom. The van der Waals surface area contributed by atoms with Gasteiger partial charge in [0.2, 0.25) is 5.91 Å². The molecule has 1 fully saturated rings. The van der Waals surface area contributed by atoms with Crippen LogP contribution in [0, 0.1) is 0 Å². The van der Waals surface area contributed by atoms with Crippen LogP contribution in [0.3, 0.4) is 0 Å². The Kier molecular flexibility index (Phi) is 5.01. The summed E-state index contributed by atoms with van der Waals surface area (Å²) in [6, 6.07) is 3.05. The Morgan fingerprint density at radius 1 is 1.08 bits per heavy atom. The molecule has 0 spiro atoms. The van der Waals surface area contributed by atoms with Crippen molar-refractivity contribution in [2.75, 3.05) is 19.5 Å². The van der Waals surface area contributed by atoms with Crippen LogP contribution in [0.5, 0.6) is 11.5 Å². The topological polar surface area (TPSA) is 100 Å². The second kappa shape index (κ2) is 6.84. The largest absolute Gasteiger partial charge is 0.493 e. The van der Waals surface area contributed by atoms with E-state index in [0.29, 0.717) is 22.7 Å². The van der Waals surface area contributed by atoms with Crippen molar-refractivity contribution in [1.29, 1.82) is 0 Å². The van der Waals surface area contributed by atoms with E-state index in [4.69, 9.17) is 18.9 Å². The summed E-state index contributed by atoms with van der Waals surface area (Å²) in [6.07, 6.45) is 1.27. The third kappa shape index (κ3) is 4.09. The molecule has 8 nitrogen and oxygen atoms in total. The van der Waals surface area contributed by atoms with Gasteiger partial charge in [0.05, 0.1) is 19.9 Å². The van der Waals surface area contributed by atoms with Crippen molar-refractivity contribution in [2.45, 2.75) is 26.6 Å². The van der Waals surface area contributed by atoms with Crippen LogP contribution < -0.4 is 14.8 Å². The molecule has 134 valence electrons. The number of hydrogen-bond acceptors (Lipinski definition) is 7. The number of methoxy groups -OCH3 is 2. The molecule has 0 unspecified atom stereocenters. The van der Waals surface area contributed by atoms with Gasteiger partial charge in [-0.1, -0.05) is 0 Å². The lowest BCUT2D eigenvalue weighted by atomic mass is 10.1. The highest BCUT2D eigenvalue weighted by Gasteiger charge is 2.39. The molecule has 0 aliphatic carbocycles. The van der Waals surface area contributed by atoms with Gasteiger partial charge >= 0.3 is 11.9 Å². The van der Waals surface area contributed by atoms with E-state index in [1.54, 1.807) is 0 Å². The number of hydrogen-bond donors (Lipinski definition) is 1. The molecule has 0 aromatic heterocycles. The molecule has 8 heteroatoms. The van der Waals surface area contributed by atoms with Crippen molar-refractivity contribution in [3.05, 3.63) is 23.3 Å². The zero-order chi connectivity index (χ0) is 18.8. The average Bonchev–Trinajstić information content (AvgIpc) is 2.50. The van der Waals surface area contributed by atoms with Crippen LogP contribution in [-0.4, -0.2) is 37.9 Å². The van der Waals surface area contributed by atoms with Gasteiger partial charge in [-0.2, -0.15) is 0 Å². The molecule has 0 bridgehead atoms. The first-order chi connectivity index (χ1) is 11.7. The van der Waals surface area contributed by atoms with Crippen molar-refractivity contribution in [2.24, 2.45) is 0 Å². The average molecular weight is 349 g/mol. The predicted octanol–water partition coefficient (Wildman–Crippen LogP) is 1.88. The monoisotopic (exact) mass is 349 g/mol. The van der Waals surface area contributed by atoms with E-state index in [9.17, 15) is 14.4 Å². The van der Waals surface area contributed by atoms with Crippen LogP contribution in [0.2, 0.25) is 0 Å². The molecular weight excluding hydrogens is 330 g/mol. The second-order valence-corrected chi connectivity index (χ2v) is 5.71. The summed E-state index contributed by atoms with van der Waals surface area (Å²) in [6.45, 7) is 4.25. The number of carbonyl (C=O) groups is 3. The number of ether oxygens (including phenoxy) is 4.